The molecule has 0 radical (unpaired) electrons. The van der Waals surface area contributed by atoms with Crippen LogP contribution in [0.5, 0.6) is 0 Å². The Hall–Kier alpha value is -2.18. The summed E-state index contributed by atoms with van der Waals surface area (Å²) in [7, 11) is 0. The second-order valence-electron chi connectivity index (χ2n) is 4.95. The van der Waals surface area contributed by atoms with Crippen LogP contribution in [0.4, 0.5) is 10.2 Å². The fraction of sp³-hybridized carbons (Fsp3) is 0.353. The number of aromatic nitrogens is 2. The Balaban J connectivity index is 0.000000593. The first-order chi connectivity index (χ1) is 11.0. The van der Waals surface area contributed by atoms with Gasteiger partial charge in [-0.25, -0.2) is 9.07 Å². The summed E-state index contributed by atoms with van der Waals surface area (Å²) < 4.78 is 15.1. The van der Waals surface area contributed by atoms with E-state index in [1.54, 1.807) is 28.9 Å². The van der Waals surface area contributed by atoms with Crippen LogP contribution in [0.25, 0.3) is 0 Å². The Labute approximate surface area is 137 Å². The average molecular weight is 319 g/mol. The Morgan fingerprint density at radius 2 is 1.96 bits per heavy atom. The number of nitrogens with zero attached hydrogens (tertiary/aromatic N) is 2. The van der Waals surface area contributed by atoms with Gasteiger partial charge < -0.3 is 11.5 Å². The second-order valence-corrected chi connectivity index (χ2v) is 4.95. The highest BCUT2D eigenvalue weighted by molar-refractivity contribution is 5.33. The number of rotatable bonds is 5. The molecule has 0 spiro atoms. The van der Waals surface area contributed by atoms with Crippen LogP contribution in [-0.2, 0) is 6.54 Å². The number of nitrogen functional groups attached to an aromatic ring is 1. The molecule has 0 saturated heterocycles. The molecule has 2 aromatic rings. The van der Waals surface area contributed by atoms with Gasteiger partial charge in [-0.1, -0.05) is 37.3 Å². The number of nitrogens with two attached hydrogens (primary N) is 2. The minimum absolute atomic E-state index is 0.269. The Bertz CT molecular complexity index is 617. The summed E-state index contributed by atoms with van der Waals surface area (Å²) in [6.07, 6.45) is 3.63. The predicted octanol–water partition coefficient (Wildman–Crippen LogP) is 2.80. The summed E-state index contributed by atoms with van der Waals surface area (Å²) in [5, 5.41) is 7.35. The number of nitrogens with one attached hydrogen (secondary N) is 1. The van der Waals surface area contributed by atoms with E-state index >= 15 is 0 Å². The molecule has 1 atom stereocenters. The number of hydrogen-bond acceptors (Lipinski definition) is 4. The molecule has 0 amide bonds. The third kappa shape index (κ3) is 5.84. The van der Waals surface area contributed by atoms with Crippen molar-refractivity contribution in [3.8, 4) is 0 Å². The van der Waals surface area contributed by atoms with Crippen LogP contribution in [0, 0.1) is 5.82 Å². The topological polar surface area (TPSA) is 81.9 Å². The maximum Gasteiger partial charge on any atom is 0.128 e. The first-order valence-corrected chi connectivity index (χ1v) is 7.66. The van der Waals surface area contributed by atoms with Gasteiger partial charge in [0.1, 0.15) is 17.8 Å². The van der Waals surface area contributed by atoms with Crippen molar-refractivity contribution >= 4 is 5.82 Å². The van der Waals surface area contributed by atoms with Crippen LogP contribution in [0.1, 0.15) is 38.2 Å². The molecule has 1 unspecified atom stereocenters. The molecule has 0 fully saturated rings. The number of anilines is 1. The first kappa shape index (κ1) is 18.9. The minimum atomic E-state index is -0.367. The van der Waals surface area contributed by atoms with E-state index < -0.39 is 0 Å². The van der Waals surface area contributed by atoms with Crippen molar-refractivity contribution in [1.29, 1.82) is 0 Å². The van der Waals surface area contributed by atoms with Crippen molar-refractivity contribution in [3.05, 3.63) is 59.6 Å². The SMILES string of the molecule is C/C=C\C.CCNC(N)c1cc(N)n(Cc2ccccc2F)n1. The van der Waals surface area contributed by atoms with E-state index in [1.165, 1.54) is 6.07 Å². The fourth-order valence-electron chi connectivity index (χ4n) is 1.84. The van der Waals surface area contributed by atoms with Gasteiger partial charge in [-0.2, -0.15) is 5.10 Å². The summed E-state index contributed by atoms with van der Waals surface area (Å²) in [5.41, 5.74) is 13.0. The highest BCUT2D eigenvalue weighted by Gasteiger charge is 2.12. The average Bonchev–Trinajstić information content (AvgIpc) is 2.91. The molecule has 0 aliphatic rings. The summed E-state index contributed by atoms with van der Waals surface area (Å²) in [5.74, 6) is 0.196. The van der Waals surface area contributed by atoms with Gasteiger partial charge in [0.05, 0.1) is 12.2 Å². The summed E-state index contributed by atoms with van der Waals surface area (Å²) in [4.78, 5) is 0. The zero-order valence-electron chi connectivity index (χ0n) is 14.0. The van der Waals surface area contributed by atoms with Crippen molar-refractivity contribution in [1.82, 2.24) is 15.1 Å². The third-order valence-electron chi connectivity index (χ3n) is 3.18. The Morgan fingerprint density at radius 3 is 2.52 bits per heavy atom. The smallest absolute Gasteiger partial charge is 0.128 e. The lowest BCUT2D eigenvalue weighted by Crippen LogP contribution is -2.28. The zero-order valence-corrected chi connectivity index (χ0v) is 14.0. The van der Waals surface area contributed by atoms with Crippen molar-refractivity contribution in [2.75, 3.05) is 12.3 Å². The molecular weight excluding hydrogens is 293 g/mol. The summed E-state index contributed by atoms with van der Waals surface area (Å²) >= 11 is 0. The van der Waals surface area contributed by atoms with Gasteiger partial charge in [0.2, 0.25) is 0 Å². The van der Waals surface area contributed by atoms with E-state index in [9.17, 15) is 4.39 Å². The highest BCUT2D eigenvalue weighted by Crippen LogP contribution is 2.15. The monoisotopic (exact) mass is 319 g/mol. The van der Waals surface area contributed by atoms with Crippen molar-refractivity contribution in [2.24, 2.45) is 5.73 Å². The molecule has 0 aliphatic carbocycles. The lowest BCUT2D eigenvalue weighted by atomic mass is 10.2. The lowest BCUT2D eigenvalue weighted by Gasteiger charge is -2.08. The molecule has 1 heterocycles. The van der Waals surface area contributed by atoms with Gasteiger partial charge in [-0.05, 0) is 26.5 Å². The van der Waals surface area contributed by atoms with E-state index in [4.69, 9.17) is 11.5 Å². The molecule has 0 aliphatic heterocycles. The van der Waals surface area contributed by atoms with E-state index in [1.807, 2.05) is 32.9 Å². The van der Waals surface area contributed by atoms with Gasteiger partial charge in [0.25, 0.3) is 0 Å². The maximum absolute atomic E-state index is 13.6. The third-order valence-corrected chi connectivity index (χ3v) is 3.18. The number of halogens is 1. The molecule has 1 aromatic heterocycles. The van der Waals surface area contributed by atoms with Crippen LogP contribution in [0.15, 0.2) is 42.5 Å². The van der Waals surface area contributed by atoms with Gasteiger partial charge in [0.15, 0.2) is 0 Å². The molecule has 0 bridgehead atoms. The molecule has 2 rings (SSSR count). The predicted molar refractivity (Wildman–Crippen MR) is 93.2 cm³/mol. The van der Waals surface area contributed by atoms with Crippen LogP contribution >= 0.6 is 0 Å². The highest BCUT2D eigenvalue weighted by atomic mass is 19.1. The van der Waals surface area contributed by atoms with Gasteiger partial charge in [0, 0.05) is 11.6 Å². The summed E-state index contributed by atoms with van der Waals surface area (Å²) in [6, 6.07) is 8.26. The van der Waals surface area contributed by atoms with Crippen molar-refractivity contribution < 1.29 is 4.39 Å². The van der Waals surface area contributed by atoms with Crippen LogP contribution in [-0.4, -0.2) is 16.3 Å². The van der Waals surface area contributed by atoms with Crippen LogP contribution in [0.3, 0.4) is 0 Å². The molecule has 23 heavy (non-hydrogen) atoms. The molecule has 5 N–H and O–H groups in total. The molecule has 126 valence electrons. The first-order valence-electron chi connectivity index (χ1n) is 7.66. The Morgan fingerprint density at radius 1 is 1.30 bits per heavy atom. The van der Waals surface area contributed by atoms with Crippen molar-refractivity contribution in [3.63, 3.8) is 0 Å². The van der Waals surface area contributed by atoms with Gasteiger partial charge in [-0.3, -0.25) is 5.32 Å². The summed E-state index contributed by atoms with van der Waals surface area (Å²) in [6.45, 7) is 6.98. The van der Waals surface area contributed by atoms with E-state index in [0.717, 1.165) is 6.54 Å². The molecular formula is C17H26FN5. The lowest BCUT2D eigenvalue weighted by molar-refractivity contribution is 0.538. The molecule has 1 aromatic carbocycles. The van der Waals surface area contributed by atoms with E-state index in [-0.39, 0.29) is 18.5 Å². The molecule has 5 nitrogen and oxygen atoms in total. The largest absolute Gasteiger partial charge is 0.384 e. The van der Waals surface area contributed by atoms with Gasteiger partial charge >= 0.3 is 0 Å². The minimum Gasteiger partial charge on any atom is -0.384 e. The quantitative estimate of drug-likeness (QED) is 0.584. The van der Waals surface area contributed by atoms with E-state index in [2.05, 4.69) is 10.4 Å². The normalized spacial score (nSPS) is 12.0. The number of benzene rings is 1. The molecule has 6 heteroatoms. The van der Waals surface area contributed by atoms with E-state index in [0.29, 0.717) is 17.1 Å². The van der Waals surface area contributed by atoms with Crippen LogP contribution < -0.4 is 16.8 Å². The van der Waals surface area contributed by atoms with Crippen molar-refractivity contribution in [2.45, 2.75) is 33.5 Å². The number of allylic oxidation sites excluding steroid dienone is 2. The zero-order chi connectivity index (χ0) is 17.2. The van der Waals surface area contributed by atoms with Crippen LogP contribution in [0.2, 0.25) is 0 Å². The maximum atomic E-state index is 13.6. The fourth-order valence-corrected chi connectivity index (χ4v) is 1.84. The second kappa shape index (κ2) is 9.76. The molecule has 0 saturated carbocycles. The van der Waals surface area contributed by atoms with Gasteiger partial charge in [-0.15, -0.1) is 0 Å². The number of hydrogen-bond donors (Lipinski definition) is 3. The Kier molecular flexibility index (Phi) is 8.01. The standard InChI is InChI=1S/C13H18FN5.C4H8/c1-2-17-13(16)11-7-12(15)19(18-11)8-9-5-3-4-6-10(9)14;1-3-4-2/h3-7,13,17H,2,8,15-16H2,1H3;3-4H,1-2H3/b;4-3-.